The normalized spacial score (nSPS) is 27.6. The highest BCUT2D eigenvalue weighted by Gasteiger charge is 2.43. The van der Waals surface area contributed by atoms with Crippen LogP contribution >= 0.6 is 0 Å². The molecule has 2 atom stereocenters. The van der Waals surface area contributed by atoms with Crippen LogP contribution in [-0.2, 0) is 0 Å². The van der Waals surface area contributed by atoms with Crippen molar-refractivity contribution in [3.63, 3.8) is 0 Å². The Morgan fingerprint density at radius 3 is 2.54 bits per heavy atom. The molecule has 2 aliphatic heterocycles. The molecule has 0 N–H and O–H groups in total. The van der Waals surface area contributed by atoms with Gasteiger partial charge in [0.15, 0.2) is 0 Å². The first kappa shape index (κ1) is 20.6. The first-order chi connectivity index (χ1) is 13.0. The van der Waals surface area contributed by atoms with Gasteiger partial charge < -0.3 is 14.7 Å². The zero-order chi connectivity index (χ0) is 20.9. The molecule has 6 heteroatoms. The van der Waals surface area contributed by atoms with Crippen molar-refractivity contribution >= 4 is 0 Å². The molecule has 0 aromatic heterocycles. The summed E-state index contributed by atoms with van der Waals surface area (Å²) in [6, 6.07) is 0. The minimum Gasteiger partial charge on any atom is -0.367 e. The third-order valence-electron chi connectivity index (χ3n) is 6.06. The first-order valence-corrected chi connectivity index (χ1v) is 9.81. The Balaban J connectivity index is 2.07. The SMILES string of the molecule is CCN(CC(F)(F)F)C1=C2C(=CCN2C)N(C2(C)C=CC(C)=CC2C)C(C)=C1. The van der Waals surface area contributed by atoms with Gasteiger partial charge in [0.1, 0.15) is 6.54 Å². The molecular weight excluding hydrogens is 363 g/mol. The van der Waals surface area contributed by atoms with Gasteiger partial charge in [-0.3, -0.25) is 0 Å². The molecule has 0 aromatic rings. The van der Waals surface area contributed by atoms with E-state index < -0.39 is 12.7 Å². The Kier molecular flexibility index (Phi) is 5.19. The zero-order valence-electron chi connectivity index (χ0n) is 17.6. The lowest BCUT2D eigenvalue weighted by Gasteiger charge is -2.49. The standard InChI is InChI=1S/C22H30F3N3/c1-7-27(14-22(23,24)25)19-13-17(4)28(18-9-11-26(6)20(18)19)21(5)10-8-15(2)12-16(21)3/h8-10,12-13,16H,7,11,14H2,1-6H3. The van der Waals surface area contributed by atoms with Crippen molar-refractivity contribution in [3.05, 3.63) is 58.7 Å². The highest BCUT2D eigenvalue weighted by molar-refractivity contribution is 5.50. The van der Waals surface area contributed by atoms with E-state index in [9.17, 15) is 13.2 Å². The van der Waals surface area contributed by atoms with Crippen LogP contribution in [0, 0.1) is 5.92 Å². The molecule has 3 aliphatic rings. The molecule has 2 heterocycles. The molecule has 0 aromatic carbocycles. The van der Waals surface area contributed by atoms with E-state index in [4.69, 9.17) is 0 Å². The van der Waals surface area contributed by atoms with Gasteiger partial charge in [-0.05, 0) is 39.8 Å². The van der Waals surface area contributed by atoms with Crippen LogP contribution in [-0.4, -0.2) is 53.1 Å². The van der Waals surface area contributed by atoms with Crippen LogP contribution in [0.2, 0.25) is 0 Å². The Morgan fingerprint density at radius 2 is 1.96 bits per heavy atom. The highest BCUT2D eigenvalue weighted by Crippen LogP contribution is 2.45. The lowest BCUT2D eigenvalue weighted by atomic mass is 9.78. The number of hydrogen-bond acceptors (Lipinski definition) is 3. The molecule has 0 saturated heterocycles. The van der Waals surface area contributed by atoms with Gasteiger partial charge in [-0.25, -0.2) is 0 Å². The molecule has 0 fully saturated rings. The van der Waals surface area contributed by atoms with Crippen molar-refractivity contribution in [2.24, 2.45) is 5.92 Å². The molecule has 1 aliphatic carbocycles. The van der Waals surface area contributed by atoms with Crippen molar-refractivity contribution < 1.29 is 13.2 Å². The van der Waals surface area contributed by atoms with Crippen LogP contribution in [0.3, 0.4) is 0 Å². The highest BCUT2D eigenvalue weighted by atomic mass is 19.4. The van der Waals surface area contributed by atoms with Gasteiger partial charge in [-0.2, -0.15) is 13.2 Å². The molecule has 0 amide bonds. The van der Waals surface area contributed by atoms with Crippen molar-refractivity contribution in [1.82, 2.24) is 14.7 Å². The van der Waals surface area contributed by atoms with E-state index in [1.807, 2.05) is 24.9 Å². The van der Waals surface area contributed by atoms with Gasteiger partial charge in [0.2, 0.25) is 0 Å². The number of likely N-dealkylation sites (N-methyl/N-ethyl adjacent to an activating group) is 2. The van der Waals surface area contributed by atoms with Crippen LogP contribution in [0.1, 0.15) is 34.6 Å². The maximum absolute atomic E-state index is 13.2. The van der Waals surface area contributed by atoms with E-state index in [-0.39, 0.29) is 11.5 Å². The lowest BCUT2D eigenvalue weighted by Crippen LogP contribution is -2.50. The van der Waals surface area contributed by atoms with Gasteiger partial charge in [-0.1, -0.05) is 30.7 Å². The summed E-state index contributed by atoms with van der Waals surface area (Å²) in [5.41, 5.74) is 4.47. The minimum absolute atomic E-state index is 0.269. The predicted octanol–water partition coefficient (Wildman–Crippen LogP) is 5.04. The summed E-state index contributed by atoms with van der Waals surface area (Å²) in [4.78, 5) is 5.76. The van der Waals surface area contributed by atoms with Gasteiger partial charge in [0.25, 0.3) is 0 Å². The number of rotatable bonds is 4. The number of nitrogens with zero attached hydrogens (tertiary/aromatic N) is 3. The average Bonchev–Trinajstić information content (AvgIpc) is 2.96. The fraction of sp³-hybridized carbons (Fsp3) is 0.545. The lowest BCUT2D eigenvalue weighted by molar-refractivity contribution is -0.141. The summed E-state index contributed by atoms with van der Waals surface area (Å²) in [6.07, 6.45) is 6.42. The number of alkyl halides is 3. The maximum atomic E-state index is 13.2. The molecule has 3 nitrogen and oxygen atoms in total. The van der Waals surface area contributed by atoms with E-state index >= 15 is 0 Å². The maximum Gasteiger partial charge on any atom is 0.405 e. The van der Waals surface area contributed by atoms with Crippen molar-refractivity contribution in [3.8, 4) is 0 Å². The van der Waals surface area contributed by atoms with Crippen LogP contribution in [0.15, 0.2) is 58.7 Å². The molecule has 0 bridgehead atoms. The molecule has 154 valence electrons. The summed E-state index contributed by atoms with van der Waals surface area (Å²) >= 11 is 0. The summed E-state index contributed by atoms with van der Waals surface area (Å²) < 4.78 is 39.5. The van der Waals surface area contributed by atoms with Gasteiger partial charge in [0, 0.05) is 31.8 Å². The Labute approximate surface area is 166 Å². The van der Waals surface area contributed by atoms with Crippen molar-refractivity contribution in [2.45, 2.75) is 46.3 Å². The van der Waals surface area contributed by atoms with Crippen LogP contribution in [0.25, 0.3) is 0 Å². The van der Waals surface area contributed by atoms with E-state index in [2.05, 4.69) is 50.0 Å². The summed E-state index contributed by atoms with van der Waals surface area (Å²) in [5.74, 6) is 0.271. The smallest absolute Gasteiger partial charge is 0.367 e. The van der Waals surface area contributed by atoms with Gasteiger partial charge in [0.05, 0.1) is 22.6 Å². The minimum atomic E-state index is -4.24. The first-order valence-electron chi connectivity index (χ1n) is 9.81. The summed E-state index contributed by atoms with van der Waals surface area (Å²) in [6.45, 7) is 10.3. The monoisotopic (exact) mass is 393 g/mol. The summed E-state index contributed by atoms with van der Waals surface area (Å²) in [7, 11) is 1.94. The Bertz CT molecular complexity index is 800. The third kappa shape index (κ3) is 3.49. The molecule has 0 saturated carbocycles. The molecule has 3 rings (SSSR count). The van der Waals surface area contributed by atoms with Crippen molar-refractivity contribution in [2.75, 3.05) is 26.7 Å². The molecule has 28 heavy (non-hydrogen) atoms. The zero-order valence-corrected chi connectivity index (χ0v) is 17.6. The number of fused-ring (bicyclic) bond motifs is 1. The van der Waals surface area contributed by atoms with Crippen molar-refractivity contribution in [1.29, 1.82) is 0 Å². The van der Waals surface area contributed by atoms with Gasteiger partial charge >= 0.3 is 6.18 Å². The fourth-order valence-electron chi connectivity index (χ4n) is 4.46. The Hall–Kier alpha value is -2.11. The third-order valence-corrected chi connectivity index (χ3v) is 6.06. The topological polar surface area (TPSA) is 9.72 Å². The van der Waals surface area contributed by atoms with E-state index in [1.165, 1.54) is 10.5 Å². The average molecular weight is 393 g/mol. The van der Waals surface area contributed by atoms with Crippen LogP contribution in [0.4, 0.5) is 13.2 Å². The van der Waals surface area contributed by atoms with Crippen LogP contribution < -0.4 is 0 Å². The molecule has 0 spiro atoms. The number of hydrogen-bond donors (Lipinski definition) is 0. The largest absolute Gasteiger partial charge is 0.405 e. The van der Waals surface area contributed by atoms with Gasteiger partial charge in [-0.15, -0.1) is 0 Å². The Morgan fingerprint density at radius 1 is 1.29 bits per heavy atom. The van der Waals surface area contributed by atoms with E-state index in [0.717, 1.165) is 17.1 Å². The van der Waals surface area contributed by atoms with E-state index in [1.54, 1.807) is 6.92 Å². The molecule has 0 radical (unpaired) electrons. The fourth-order valence-corrected chi connectivity index (χ4v) is 4.46. The second-order valence-corrected chi connectivity index (χ2v) is 8.21. The van der Waals surface area contributed by atoms with Crippen LogP contribution in [0.5, 0.6) is 0 Å². The quantitative estimate of drug-likeness (QED) is 0.662. The second-order valence-electron chi connectivity index (χ2n) is 8.21. The number of halogens is 3. The molecule has 2 unspecified atom stereocenters. The predicted molar refractivity (Wildman–Crippen MR) is 107 cm³/mol. The summed E-state index contributed by atoms with van der Waals surface area (Å²) in [5, 5.41) is 0. The second kappa shape index (κ2) is 7.05. The molecular formula is C22H30F3N3. The number of allylic oxidation sites excluding steroid dienone is 4. The van der Waals surface area contributed by atoms with E-state index in [0.29, 0.717) is 18.8 Å².